The monoisotopic (exact) mass is 301 g/mol. The normalized spacial score (nSPS) is 11.7. The van der Waals surface area contributed by atoms with Gasteiger partial charge in [-0.3, -0.25) is 3.53 Å². The topological polar surface area (TPSA) is 12.0 Å². The smallest absolute Gasteiger partial charge is 0.257 e. The molecule has 1 rings (SSSR count). The molecule has 0 saturated heterocycles. The third kappa shape index (κ3) is 3.15. The van der Waals surface area contributed by atoms with Crippen molar-refractivity contribution in [2.45, 2.75) is 12.7 Å². The number of hydrogen-bond donors (Lipinski definition) is 1. The van der Waals surface area contributed by atoms with Gasteiger partial charge in [0.25, 0.3) is 0 Å². The van der Waals surface area contributed by atoms with Crippen LogP contribution in [-0.4, -0.2) is 0 Å². The highest BCUT2D eigenvalue weighted by Crippen LogP contribution is 2.29. The van der Waals surface area contributed by atoms with E-state index in [0.29, 0.717) is 12.1 Å². The third-order valence-corrected chi connectivity index (χ3v) is 1.91. The molecular weight excluding hydrogens is 294 g/mol. The molecule has 1 N–H and O–H groups in total. The lowest BCUT2D eigenvalue weighted by molar-refractivity contribution is -0.137. The van der Waals surface area contributed by atoms with Crippen molar-refractivity contribution < 1.29 is 13.2 Å². The van der Waals surface area contributed by atoms with Crippen LogP contribution in [-0.2, 0) is 12.7 Å². The molecule has 0 aliphatic heterocycles. The summed E-state index contributed by atoms with van der Waals surface area (Å²) in [7, 11) is 0. The molecule has 1 aromatic carbocycles. The van der Waals surface area contributed by atoms with Crippen molar-refractivity contribution in [3.63, 3.8) is 0 Å². The van der Waals surface area contributed by atoms with Gasteiger partial charge < -0.3 is 0 Å². The zero-order valence-corrected chi connectivity index (χ0v) is 8.69. The van der Waals surface area contributed by atoms with Gasteiger partial charge in [-0.1, -0.05) is 18.2 Å². The molecule has 0 radical (unpaired) electrons. The number of hydrogen-bond acceptors (Lipinski definition) is 1. The van der Waals surface area contributed by atoms with Crippen LogP contribution in [0.25, 0.3) is 0 Å². The number of halogens is 4. The van der Waals surface area contributed by atoms with Crippen LogP contribution >= 0.6 is 22.9 Å². The van der Waals surface area contributed by atoms with E-state index in [0.717, 1.165) is 12.1 Å². The second kappa shape index (κ2) is 4.28. The van der Waals surface area contributed by atoms with Crippen molar-refractivity contribution in [3.8, 4) is 0 Å². The molecule has 72 valence electrons. The second-order valence-corrected chi connectivity index (χ2v) is 3.27. The molecule has 0 aliphatic rings. The average Bonchev–Trinajstić information content (AvgIpc) is 2.04. The standard InChI is InChI=1S/C8H7F3IN/c9-8(10,11)7-3-1-2-6(4-7)5-13-12/h1-4,13H,5H2. The van der Waals surface area contributed by atoms with Gasteiger partial charge in [0, 0.05) is 29.4 Å². The molecule has 5 heteroatoms. The Morgan fingerprint density at radius 2 is 2.00 bits per heavy atom. The Balaban J connectivity index is 2.92. The summed E-state index contributed by atoms with van der Waals surface area (Å²) in [5.74, 6) is 0. The fourth-order valence-electron chi connectivity index (χ4n) is 0.935. The Bertz CT molecular complexity index is 285. The van der Waals surface area contributed by atoms with Crippen molar-refractivity contribution in [1.29, 1.82) is 0 Å². The molecule has 0 heterocycles. The van der Waals surface area contributed by atoms with Crippen molar-refractivity contribution in [2.75, 3.05) is 0 Å². The van der Waals surface area contributed by atoms with Crippen LogP contribution in [0.5, 0.6) is 0 Å². The highest BCUT2D eigenvalue weighted by atomic mass is 127. The summed E-state index contributed by atoms with van der Waals surface area (Å²) in [6.07, 6.45) is -4.25. The van der Waals surface area contributed by atoms with Crippen LogP contribution in [0.4, 0.5) is 13.2 Å². The lowest BCUT2D eigenvalue weighted by Crippen LogP contribution is -2.06. The fraction of sp³-hybridized carbons (Fsp3) is 0.250. The summed E-state index contributed by atoms with van der Waals surface area (Å²) in [4.78, 5) is 0. The van der Waals surface area contributed by atoms with Crippen LogP contribution < -0.4 is 3.53 Å². The second-order valence-electron chi connectivity index (χ2n) is 2.51. The van der Waals surface area contributed by atoms with Gasteiger partial charge in [0.15, 0.2) is 0 Å². The summed E-state index contributed by atoms with van der Waals surface area (Å²) in [5, 5.41) is 0. The van der Waals surface area contributed by atoms with E-state index in [4.69, 9.17) is 0 Å². The van der Waals surface area contributed by atoms with Crippen LogP contribution in [0.3, 0.4) is 0 Å². The minimum Gasteiger partial charge on any atom is -0.257 e. The van der Waals surface area contributed by atoms with Crippen molar-refractivity contribution in [1.82, 2.24) is 3.53 Å². The fourth-order valence-corrected chi connectivity index (χ4v) is 1.38. The highest BCUT2D eigenvalue weighted by molar-refractivity contribution is 14.1. The predicted molar refractivity (Wildman–Crippen MR) is 52.3 cm³/mol. The molecule has 13 heavy (non-hydrogen) atoms. The summed E-state index contributed by atoms with van der Waals surface area (Å²) < 4.78 is 39.3. The lowest BCUT2D eigenvalue weighted by atomic mass is 10.1. The summed E-state index contributed by atoms with van der Waals surface area (Å²) in [6.45, 7) is 0.435. The first-order valence-electron chi connectivity index (χ1n) is 3.53. The van der Waals surface area contributed by atoms with E-state index in [1.165, 1.54) is 6.07 Å². The summed E-state index contributed by atoms with van der Waals surface area (Å²) in [6, 6.07) is 5.27. The van der Waals surface area contributed by atoms with E-state index in [2.05, 4.69) is 3.53 Å². The van der Waals surface area contributed by atoms with Gasteiger partial charge in [0.1, 0.15) is 0 Å². The van der Waals surface area contributed by atoms with E-state index in [1.54, 1.807) is 6.07 Å². The Morgan fingerprint density at radius 1 is 1.31 bits per heavy atom. The molecule has 0 saturated carbocycles. The van der Waals surface area contributed by atoms with Crippen molar-refractivity contribution in [2.24, 2.45) is 0 Å². The molecule has 0 aromatic heterocycles. The Labute approximate surface area is 87.8 Å². The Kier molecular flexibility index (Phi) is 3.55. The van der Waals surface area contributed by atoms with E-state index in [9.17, 15) is 13.2 Å². The van der Waals surface area contributed by atoms with Crippen LogP contribution in [0.2, 0.25) is 0 Å². The average molecular weight is 301 g/mol. The van der Waals surface area contributed by atoms with E-state index >= 15 is 0 Å². The molecular formula is C8H7F3IN. The molecule has 0 fully saturated rings. The molecule has 0 aliphatic carbocycles. The van der Waals surface area contributed by atoms with Crippen LogP contribution in [0.1, 0.15) is 11.1 Å². The molecule has 0 atom stereocenters. The van der Waals surface area contributed by atoms with Gasteiger partial charge in [-0.15, -0.1) is 0 Å². The summed E-state index contributed by atoms with van der Waals surface area (Å²) in [5.41, 5.74) is 0.0286. The quantitative estimate of drug-likeness (QED) is 0.653. The zero-order chi connectivity index (χ0) is 9.90. The van der Waals surface area contributed by atoms with Gasteiger partial charge in [-0.05, 0) is 11.6 Å². The molecule has 0 unspecified atom stereocenters. The maximum atomic E-state index is 12.2. The molecule has 1 nitrogen and oxygen atoms in total. The minimum atomic E-state index is -4.25. The number of rotatable bonds is 2. The van der Waals surface area contributed by atoms with Crippen LogP contribution in [0, 0.1) is 0 Å². The zero-order valence-electron chi connectivity index (χ0n) is 6.53. The maximum Gasteiger partial charge on any atom is 0.416 e. The largest absolute Gasteiger partial charge is 0.416 e. The first kappa shape index (κ1) is 10.8. The van der Waals surface area contributed by atoms with Gasteiger partial charge in [-0.2, -0.15) is 13.2 Å². The first-order chi connectivity index (χ1) is 6.04. The molecule has 1 aromatic rings. The number of benzene rings is 1. The molecule has 0 amide bonds. The maximum absolute atomic E-state index is 12.2. The van der Waals surface area contributed by atoms with Crippen molar-refractivity contribution in [3.05, 3.63) is 35.4 Å². The predicted octanol–water partition coefficient (Wildman–Crippen LogP) is 3.15. The summed E-state index contributed by atoms with van der Waals surface area (Å²) >= 11 is 1.89. The first-order valence-corrected chi connectivity index (χ1v) is 4.61. The number of alkyl halides is 3. The third-order valence-electron chi connectivity index (χ3n) is 1.53. The number of nitrogens with one attached hydrogen (secondary N) is 1. The van der Waals surface area contributed by atoms with E-state index in [-0.39, 0.29) is 0 Å². The van der Waals surface area contributed by atoms with Gasteiger partial charge in [0.05, 0.1) is 5.56 Å². The Hall–Kier alpha value is -0.300. The lowest BCUT2D eigenvalue weighted by Gasteiger charge is -2.07. The van der Waals surface area contributed by atoms with Crippen LogP contribution in [0.15, 0.2) is 24.3 Å². The minimum absolute atomic E-state index is 0.435. The van der Waals surface area contributed by atoms with E-state index in [1.807, 2.05) is 22.9 Å². The van der Waals surface area contributed by atoms with Gasteiger partial charge in [0.2, 0.25) is 0 Å². The molecule has 0 spiro atoms. The molecule has 0 bridgehead atoms. The van der Waals surface area contributed by atoms with Gasteiger partial charge in [-0.25, -0.2) is 0 Å². The SMILES string of the molecule is FC(F)(F)c1cccc(CNI)c1. The van der Waals surface area contributed by atoms with Crippen molar-refractivity contribution >= 4 is 22.9 Å². The van der Waals surface area contributed by atoms with E-state index < -0.39 is 11.7 Å². The highest BCUT2D eigenvalue weighted by Gasteiger charge is 2.30. The Morgan fingerprint density at radius 3 is 2.54 bits per heavy atom. The van der Waals surface area contributed by atoms with Gasteiger partial charge >= 0.3 is 6.18 Å².